The Bertz CT molecular complexity index is 1080. The molecule has 0 amide bonds. The van der Waals surface area contributed by atoms with E-state index in [4.69, 9.17) is 4.74 Å². The molecule has 0 aliphatic carbocycles. The normalized spacial score (nSPS) is 11.5. The van der Waals surface area contributed by atoms with Gasteiger partial charge in [-0.25, -0.2) is 9.82 Å². The van der Waals surface area contributed by atoms with Crippen molar-refractivity contribution in [2.45, 2.75) is 22.6 Å². The van der Waals surface area contributed by atoms with Crippen molar-refractivity contribution in [1.82, 2.24) is 9.82 Å². The molecular formula is C21H21N3O3S2. The number of aromatic nitrogens is 1. The number of pyridine rings is 1. The number of hydrogen-bond acceptors (Lipinski definition) is 6. The van der Waals surface area contributed by atoms with Crippen molar-refractivity contribution in [3.05, 3.63) is 83.6 Å². The third kappa shape index (κ3) is 5.82. The van der Waals surface area contributed by atoms with E-state index in [1.165, 1.54) is 6.21 Å². The van der Waals surface area contributed by atoms with Crippen LogP contribution >= 0.6 is 11.8 Å². The van der Waals surface area contributed by atoms with E-state index in [1.54, 1.807) is 49.3 Å². The number of hydrogen-bond donors (Lipinski definition) is 1. The summed E-state index contributed by atoms with van der Waals surface area (Å²) in [5, 5.41) is 4.82. The molecule has 0 aliphatic rings. The van der Waals surface area contributed by atoms with E-state index < -0.39 is 10.0 Å². The number of ether oxygens (including phenoxy) is 1. The number of hydrazone groups is 1. The molecule has 0 saturated heterocycles. The van der Waals surface area contributed by atoms with Crippen LogP contribution in [0.15, 0.2) is 81.9 Å². The van der Waals surface area contributed by atoms with Crippen molar-refractivity contribution >= 4 is 28.0 Å². The minimum absolute atomic E-state index is 0.169. The molecule has 3 aromatic rings. The molecular weight excluding hydrogens is 406 g/mol. The Morgan fingerprint density at radius 1 is 1.14 bits per heavy atom. The zero-order valence-corrected chi connectivity index (χ0v) is 17.7. The lowest BCUT2D eigenvalue weighted by Gasteiger charge is -2.09. The van der Waals surface area contributed by atoms with Crippen LogP contribution in [-0.2, 0) is 15.8 Å². The second-order valence-corrected chi connectivity index (χ2v) is 8.85. The van der Waals surface area contributed by atoms with E-state index in [9.17, 15) is 8.42 Å². The van der Waals surface area contributed by atoms with Gasteiger partial charge < -0.3 is 4.74 Å². The van der Waals surface area contributed by atoms with Gasteiger partial charge in [0.05, 0.1) is 23.2 Å². The van der Waals surface area contributed by atoms with Crippen molar-refractivity contribution in [2.75, 3.05) is 7.11 Å². The first kappa shape index (κ1) is 20.9. The summed E-state index contributed by atoms with van der Waals surface area (Å²) in [6, 6.07) is 17.9. The number of methoxy groups -OCH3 is 1. The molecule has 0 bridgehead atoms. The molecule has 1 N–H and O–H groups in total. The third-order valence-electron chi connectivity index (χ3n) is 4.04. The summed E-state index contributed by atoms with van der Waals surface area (Å²) in [4.78, 5) is 6.71. The highest BCUT2D eigenvalue weighted by atomic mass is 32.2. The first-order chi connectivity index (χ1) is 14.0. The number of aryl methyl sites for hydroxylation is 1. The van der Waals surface area contributed by atoms with Crippen LogP contribution in [-0.4, -0.2) is 26.7 Å². The van der Waals surface area contributed by atoms with Crippen LogP contribution in [0.25, 0.3) is 0 Å². The minimum Gasteiger partial charge on any atom is -0.496 e. The Morgan fingerprint density at radius 2 is 1.93 bits per heavy atom. The number of rotatable bonds is 8. The molecule has 150 valence electrons. The second kappa shape index (κ2) is 9.58. The molecule has 8 heteroatoms. The molecule has 0 saturated carbocycles. The molecule has 0 spiro atoms. The standard InChI is InChI=1S/C21H21N3O3S2/c1-16-6-9-19(10-7-16)29(25,26)24-23-14-17-8-11-20(27-2)18(13-17)15-28-21-5-3-4-12-22-21/h3-14,24H,15H2,1-2H3/b23-14+. The lowest BCUT2D eigenvalue weighted by atomic mass is 10.1. The average Bonchev–Trinajstić information content (AvgIpc) is 2.73. The van der Waals surface area contributed by atoms with E-state index in [2.05, 4.69) is 14.9 Å². The number of nitrogens with zero attached hydrogens (tertiary/aromatic N) is 2. The van der Waals surface area contributed by atoms with Gasteiger partial charge >= 0.3 is 0 Å². The fourth-order valence-corrected chi connectivity index (χ4v) is 4.15. The Labute approximate surface area is 175 Å². The van der Waals surface area contributed by atoms with Gasteiger partial charge in [-0.2, -0.15) is 13.5 Å². The topological polar surface area (TPSA) is 80.6 Å². The Hall–Kier alpha value is -2.84. The Balaban J connectivity index is 1.71. The smallest absolute Gasteiger partial charge is 0.276 e. The Kier molecular flexibility index (Phi) is 6.90. The largest absolute Gasteiger partial charge is 0.496 e. The highest BCUT2D eigenvalue weighted by molar-refractivity contribution is 7.98. The van der Waals surface area contributed by atoms with Crippen molar-refractivity contribution in [2.24, 2.45) is 5.10 Å². The number of thioether (sulfide) groups is 1. The summed E-state index contributed by atoms with van der Waals surface area (Å²) in [5.74, 6) is 1.42. The van der Waals surface area contributed by atoms with Gasteiger partial charge in [0.1, 0.15) is 5.75 Å². The van der Waals surface area contributed by atoms with E-state index in [0.29, 0.717) is 5.75 Å². The summed E-state index contributed by atoms with van der Waals surface area (Å²) in [6.45, 7) is 1.90. The summed E-state index contributed by atoms with van der Waals surface area (Å²) in [7, 11) is -2.08. The number of nitrogens with one attached hydrogen (secondary N) is 1. The van der Waals surface area contributed by atoms with Gasteiger partial charge in [-0.05, 0) is 55.0 Å². The fourth-order valence-electron chi connectivity index (χ4n) is 2.52. The number of sulfonamides is 1. The van der Waals surface area contributed by atoms with Gasteiger partial charge in [-0.15, -0.1) is 11.8 Å². The van der Waals surface area contributed by atoms with Crippen LogP contribution in [0.2, 0.25) is 0 Å². The maximum absolute atomic E-state index is 12.3. The van der Waals surface area contributed by atoms with Gasteiger partial charge in [-0.3, -0.25) is 0 Å². The molecule has 0 fully saturated rings. The predicted molar refractivity (Wildman–Crippen MR) is 116 cm³/mol. The van der Waals surface area contributed by atoms with E-state index in [1.807, 2.05) is 43.3 Å². The van der Waals surface area contributed by atoms with Gasteiger partial charge in [0.15, 0.2) is 0 Å². The summed E-state index contributed by atoms with van der Waals surface area (Å²) in [6.07, 6.45) is 3.23. The first-order valence-electron chi connectivity index (χ1n) is 8.80. The average molecular weight is 428 g/mol. The lowest BCUT2D eigenvalue weighted by Crippen LogP contribution is -2.18. The van der Waals surface area contributed by atoms with E-state index in [-0.39, 0.29) is 4.90 Å². The minimum atomic E-state index is -3.70. The van der Waals surface area contributed by atoms with Gasteiger partial charge in [0.2, 0.25) is 0 Å². The third-order valence-corrected chi connectivity index (χ3v) is 6.27. The van der Waals surface area contributed by atoms with Crippen LogP contribution in [0.5, 0.6) is 5.75 Å². The summed E-state index contributed by atoms with van der Waals surface area (Å²) >= 11 is 1.59. The maximum atomic E-state index is 12.3. The molecule has 0 radical (unpaired) electrons. The molecule has 1 aromatic heterocycles. The van der Waals surface area contributed by atoms with Crippen LogP contribution in [0.4, 0.5) is 0 Å². The zero-order chi connectivity index (χ0) is 20.7. The predicted octanol–water partition coefficient (Wildman–Crippen LogP) is 4.00. The van der Waals surface area contributed by atoms with Crippen molar-refractivity contribution < 1.29 is 13.2 Å². The van der Waals surface area contributed by atoms with E-state index >= 15 is 0 Å². The highest BCUT2D eigenvalue weighted by Crippen LogP contribution is 2.27. The molecule has 6 nitrogen and oxygen atoms in total. The van der Waals surface area contributed by atoms with Crippen LogP contribution in [0, 0.1) is 6.92 Å². The molecule has 0 atom stereocenters. The fraction of sp³-hybridized carbons (Fsp3) is 0.143. The van der Waals surface area contributed by atoms with Crippen molar-refractivity contribution in [3.8, 4) is 5.75 Å². The van der Waals surface area contributed by atoms with Gasteiger partial charge in [-0.1, -0.05) is 23.8 Å². The second-order valence-electron chi connectivity index (χ2n) is 6.19. The van der Waals surface area contributed by atoms with Crippen LogP contribution in [0.1, 0.15) is 16.7 Å². The van der Waals surface area contributed by atoms with Gasteiger partial charge in [0.25, 0.3) is 10.0 Å². The molecule has 2 aromatic carbocycles. The lowest BCUT2D eigenvalue weighted by molar-refractivity contribution is 0.411. The van der Waals surface area contributed by atoms with Crippen LogP contribution in [0.3, 0.4) is 0 Å². The van der Waals surface area contributed by atoms with Gasteiger partial charge in [0, 0.05) is 17.5 Å². The highest BCUT2D eigenvalue weighted by Gasteiger charge is 2.12. The molecule has 29 heavy (non-hydrogen) atoms. The molecule has 3 rings (SSSR count). The molecule has 1 heterocycles. The molecule has 0 unspecified atom stereocenters. The summed E-state index contributed by atoms with van der Waals surface area (Å²) < 4.78 is 30.0. The van der Waals surface area contributed by atoms with Crippen LogP contribution < -0.4 is 9.57 Å². The Morgan fingerprint density at radius 3 is 2.62 bits per heavy atom. The first-order valence-corrected chi connectivity index (χ1v) is 11.3. The zero-order valence-electron chi connectivity index (χ0n) is 16.1. The monoisotopic (exact) mass is 427 g/mol. The van der Waals surface area contributed by atoms with Crippen molar-refractivity contribution in [1.29, 1.82) is 0 Å². The maximum Gasteiger partial charge on any atom is 0.276 e. The number of benzene rings is 2. The quantitative estimate of drug-likeness (QED) is 0.334. The SMILES string of the molecule is COc1ccc(/C=N/NS(=O)(=O)c2ccc(C)cc2)cc1CSc1ccccn1. The van der Waals surface area contributed by atoms with E-state index in [0.717, 1.165) is 27.5 Å². The summed E-state index contributed by atoms with van der Waals surface area (Å²) in [5.41, 5.74) is 2.71. The molecule has 0 aliphatic heterocycles. The van der Waals surface area contributed by atoms with Crippen molar-refractivity contribution in [3.63, 3.8) is 0 Å².